The quantitative estimate of drug-likeness (QED) is 0.904. The number of halogens is 2. The fourth-order valence-corrected chi connectivity index (χ4v) is 2.89. The number of hydrogen-bond acceptors (Lipinski definition) is 3. The lowest BCUT2D eigenvalue weighted by Gasteiger charge is -2.29. The van der Waals surface area contributed by atoms with E-state index in [9.17, 15) is 4.79 Å². The minimum absolute atomic E-state index is 0. The predicted molar refractivity (Wildman–Crippen MR) is 83.2 cm³/mol. The van der Waals surface area contributed by atoms with Gasteiger partial charge in [0, 0.05) is 11.9 Å². The van der Waals surface area contributed by atoms with Crippen LogP contribution in [0.4, 0.5) is 0 Å². The van der Waals surface area contributed by atoms with Gasteiger partial charge in [-0.1, -0.05) is 20.8 Å². The molecule has 1 aromatic heterocycles. The van der Waals surface area contributed by atoms with Crippen molar-refractivity contribution in [2.24, 2.45) is 11.1 Å². The SMILES string of the molecule is CN(Cc1ccc(Br)s1)C(=O)[C@@H](N)C(C)(C)C.Cl. The molecule has 18 heavy (non-hydrogen) atoms. The summed E-state index contributed by atoms with van der Waals surface area (Å²) in [6.45, 7) is 6.54. The number of nitrogens with zero attached hydrogens (tertiary/aromatic N) is 1. The van der Waals surface area contributed by atoms with Crippen molar-refractivity contribution in [3.63, 3.8) is 0 Å². The molecule has 0 aliphatic carbocycles. The summed E-state index contributed by atoms with van der Waals surface area (Å²) in [5.74, 6) is -0.0120. The molecule has 0 saturated heterocycles. The molecule has 0 aliphatic rings. The van der Waals surface area contributed by atoms with E-state index in [-0.39, 0.29) is 23.7 Å². The molecule has 0 spiro atoms. The molecular weight excluding hydrogens is 336 g/mol. The van der Waals surface area contributed by atoms with Gasteiger partial charge in [-0.05, 0) is 33.5 Å². The van der Waals surface area contributed by atoms with E-state index < -0.39 is 6.04 Å². The van der Waals surface area contributed by atoms with Crippen molar-refractivity contribution in [2.75, 3.05) is 7.05 Å². The standard InChI is InChI=1S/C12H19BrN2OS.ClH/c1-12(2,3)10(14)11(16)15(4)7-8-5-6-9(13)17-8;/h5-6,10H,7,14H2,1-4H3;1H/t10-;/m1./s1. The Balaban J connectivity index is 0.00000289. The van der Waals surface area contributed by atoms with Crippen LogP contribution in [0.15, 0.2) is 15.9 Å². The summed E-state index contributed by atoms with van der Waals surface area (Å²) in [5, 5.41) is 0. The number of hydrogen-bond donors (Lipinski definition) is 1. The second-order valence-electron chi connectivity index (χ2n) is 5.24. The molecule has 0 fully saturated rings. The summed E-state index contributed by atoms with van der Waals surface area (Å²) in [7, 11) is 1.79. The van der Waals surface area contributed by atoms with Crippen LogP contribution in [0.3, 0.4) is 0 Å². The van der Waals surface area contributed by atoms with E-state index in [2.05, 4.69) is 15.9 Å². The molecule has 2 N–H and O–H groups in total. The maximum atomic E-state index is 12.1. The smallest absolute Gasteiger partial charge is 0.240 e. The van der Waals surface area contributed by atoms with Crippen LogP contribution in [-0.4, -0.2) is 23.9 Å². The topological polar surface area (TPSA) is 46.3 Å². The lowest BCUT2D eigenvalue weighted by molar-refractivity contribution is -0.134. The van der Waals surface area contributed by atoms with E-state index >= 15 is 0 Å². The van der Waals surface area contributed by atoms with Crippen molar-refractivity contribution < 1.29 is 4.79 Å². The Kier molecular flexibility index (Phi) is 6.85. The highest BCUT2D eigenvalue weighted by molar-refractivity contribution is 9.11. The summed E-state index contributed by atoms with van der Waals surface area (Å²) < 4.78 is 1.08. The number of carbonyl (C=O) groups excluding carboxylic acids is 1. The lowest BCUT2D eigenvalue weighted by Crippen LogP contribution is -2.48. The predicted octanol–water partition coefficient (Wildman–Crippen LogP) is 3.26. The minimum atomic E-state index is -0.462. The highest BCUT2D eigenvalue weighted by Gasteiger charge is 2.29. The lowest BCUT2D eigenvalue weighted by atomic mass is 9.86. The molecule has 0 saturated carbocycles. The Morgan fingerprint density at radius 2 is 2.06 bits per heavy atom. The van der Waals surface area contributed by atoms with Gasteiger partial charge in [-0.2, -0.15) is 0 Å². The molecule has 1 atom stereocenters. The van der Waals surface area contributed by atoms with Crippen LogP contribution in [0.2, 0.25) is 0 Å². The third-order valence-electron chi connectivity index (χ3n) is 2.60. The van der Waals surface area contributed by atoms with Crippen LogP contribution in [-0.2, 0) is 11.3 Å². The molecule has 0 unspecified atom stereocenters. The van der Waals surface area contributed by atoms with Gasteiger partial charge in [0.05, 0.1) is 16.4 Å². The third kappa shape index (κ3) is 4.88. The number of amides is 1. The summed E-state index contributed by atoms with van der Waals surface area (Å²) in [6.07, 6.45) is 0. The maximum Gasteiger partial charge on any atom is 0.240 e. The van der Waals surface area contributed by atoms with Gasteiger partial charge in [0.15, 0.2) is 0 Å². The zero-order chi connectivity index (χ0) is 13.2. The Morgan fingerprint density at radius 3 is 2.44 bits per heavy atom. The first-order valence-corrected chi connectivity index (χ1v) is 7.07. The Hall–Kier alpha value is -0.100. The van der Waals surface area contributed by atoms with Crippen LogP contribution in [0.1, 0.15) is 25.6 Å². The molecule has 0 aliphatic heterocycles. The molecular formula is C12H20BrClN2OS. The first-order valence-electron chi connectivity index (χ1n) is 5.46. The van der Waals surface area contributed by atoms with E-state index in [4.69, 9.17) is 5.73 Å². The molecule has 104 valence electrons. The van der Waals surface area contributed by atoms with Gasteiger partial charge in [-0.3, -0.25) is 4.79 Å². The zero-order valence-electron chi connectivity index (χ0n) is 11.1. The fraction of sp³-hybridized carbons (Fsp3) is 0.583. The molecule has 1 aromatic rings. The largest absolute Gasteiger partial charge is 0.339 e. The molecule has 6 heteroatoms. The van der Waals surface area contributed by atoms with Crippen LogP contribution in [0.5, 0.6) is 0 Å². The van der Waals surface area contributed by atoms with Gasteiger partial charge in [0.25, 0.3) is 0 Å². The molecule has 1 rings (SSSR count). The molecule has 0 radical (unpaired) electrons. The van der Waals surface area contributed by atoms with Gasteiger partial charge in [-0.25, -0.2) is 0 Å². The Morgan fingerprint density at radius 1 is 1.50 bits per heavy atom. The van der Waals surface area contributed by atoms with Crippen LogP contribution in [0.25, 0.3) is 0 Å². The molecule has 0 aromatic carbocycles. The number of likely N-dealkylation sites (N-methyl/N-ethyl adjacent to an activating group) is 1. The number of carbonyl (C=O) groups is 1. The van der Waals surface area contributed by atoms with E-state index in [0.29, 0.717) is 6.54 Å². The molecule has 1 amide bonds. The summed E-state index contributed by atoms with van der Waals surface area (Å²) in [6, 6.07) is 3.54. The van der Waals surface area contributed by atoms with Crippen molar-refractivity contribution >= 4 is 45.6 Å². The molecule has 0 bridgehead atoms. The third-order valence-corrected chi connectivity index (χ3v) is 4.21. The van der Waals surface area contributed by atoms with E-state index in [1.54, 1.807) is 23.3 Å². The zero-order valence-corrected chi connectivity index (χ0v) is 14.3. The minimum Gasteiger partial charge on any atom is -0.339 e. The number of nitrogens with two attached hydrogens (primary N) is 1. The van der Waals surface area contributed by atoms with Crippen molar-refractivity contribution in [3.05, 3.63) is 20.8 Å². The van der Waals surface area contributed by atoms with Crippen molar-refractivity contribution in [1.82, 2.24) is 4.90 Å². The maximum absolute atomic E-state index is 12.1. The average Bonchev–Trinajstić information content (AvgIpc) is 2.60. The first kappa shape index (κ1) is 17.9. The first-order chi connectivity index (χ1) is 7.71. The van der Waals surface area contributed by atoms with Gasteiger partial charge in [-0.15, -0.1) is 23.7 Å². The van der Waals surface area contributed by atoms with Gasteiger partial charge >= 0.3 is 0 Å². The van der Waals surface area contributed by atoms with Gasteiger partial charge in [0.1, 0.15) is 0 Å². The van der Waals surface area contributed by atoms with Crippen molar-refractivity contribution in [3.8, 4) is 0 Å². The fourth-order valence-electron chi connectivity index (χ4n) is 1.36. The monoisotopic (exact) mass is 354 g/mol. The van der Waals surface area contributed by atoms with Crippen molar-refractivity contribution in [1.29, 1.82) is 0 Å². The summed E-state index contributed by atoms with van der Waals surface area (Å²) in [4.78, 5) is 14.9. The van der Waals surface area contributed by atoms with E-state index in [1.165, 1.54) is 0 Å². The van der Waals surface area contributed by atoms with Gasteiger partial charge < -0.3 is 10.6 Å². The van der Waals surface area contributed by atoms with Crippen LogP contribution in [0, 0.1) is 5.41 Å². The van der Waals surface area contributed by atoms with Crippen molar-refractivity contribution in [2.45, 2.75) is 33.4 Å². The average molecular weight is 356 g/mol. The molecule has 3 nitrogen and oxygen atoms in total. The van der Waals surface area contributed by atoms with Gasteiger partial charge in [0.2, 0.25) is 5.91 Å². The second kappa shape index (κ2) is 6.89. The molecule has 1 heterocycles. The van der Waals surface area contributed by atoms with Crippen LogP contribution >= 0.6 is 39.7 Å². The normalized spacial score (nSPS) is 12.8. The Labute approximate surface area is 127 Å². The Bertz CT molecular complexity index is 403. The number of thiophene rings is 1. The summed E-state index contributed by atoms with van der Waals surface area (Å²) in [5.41, 5.74) is 5.75. The summed E-state index contributed by atoms with van der Waals surface area (Å²) >= 11 is 5.04. The van der Waals surface area contributed by atoms with E-state index in [1.807, 2.05) is 32.9 Å². The highest BCUT2D eigenvalue weighted by atomic mass is 79.9. The second-order valence-corrected chi connectivity index (χ2v) is 7.79. The van der Waals surface area contributed by atoms with E-state index in [0.717, 1.165) is 8.66 Å². The highest BCUT2D eigenvalue weighted by Crippen LogP contribution is 2.24. The van der Waals surface area contributed by atoms with Crippen LogP contribution < -0.4 is 5.73 Å². The number of rotatable bonds is 3.